The van der Waals surface area contributed by atoms with Gasteiger partial charge in [-0.05, 0) is 18.1 Å². The summed E-state index contributed by atoms with van der Waals surface area (Å²) in [4.78, 5) is 0. The minimum absolute atomic E-state index is 0.0694. The largest absolute Gasteiger partial charge is 0.411 e. The van der Waals surface area contributed by atoms with Crippen LogP contribution in [0.4, 0.5) is 0 Å². The monoisotopic (exact) mass is 215 g/mol. The van der Waals surface area contributed by atoms with Crippen molar-refractivity contribution < 1.29 is 9.53 Å². The van der Waals surface area contributed by atoms with Crippen molar-refractivity contribution in [3.05, 3.63) is 0 Å². The zero-order chi connectivity index (χ0) is 11.4. The molecule has 0 saturated carbocycles. The second-order valence-corrected chi connectivity index (χ2v) is 9.80. The first-order chi connectivity index (χ1) is 6.24. The van der Waals surface area contributed by atoms with E-state index in [9.17, 15) is 0 Å². The Labute approximate surface area is 87.8 Å². The van der Waals surface area contributed by atoms with Crippen LogP contribution in [-0.4, -0.2) is 26.1 Å². The van der Waals surface area contributed by atoms with Gasteiger partial charge in [-0.15, -0.1) is 0 Å². The molecule has 1 atom stereocenters. The Kier molecular flexibility index (Phi) is 4.79. The maximum Gasteiger partial charge on any atom is 0.192 e. The van der Waals surface area contributed by atoms with Gasteiger partial charge in [0.25, 0.3) is 0 Å². The van der Waals surface area contributed by atoms with Gasteiger partial charge in [0.15, 0.2) is 8.32 Å². The highest BCUT2D eigenvalue weighted by molar-refractivity contribution is 6.74. The third kappa shape index (κ3) is 3.78. The molecule has 0 aromatic rings. The van der Waals surface area contributed by atoms with Gasteiger partial charge in [0.05, 0.1) is 25.2 Å². The fourth-order valence-corrected chi connectivity index (χ4v) is 2.18. The number of aliphatic hydroxyl groups is 1. The van der Waals surface area contributed by atoms with E-state index in [4.69, 9.17) is 14.8 Å². The molecule has 0 aromatic heterocycles. The van der Waals surface area contributed by atoms with Gasteiger partial charge in [-0.25, -0.2) is 0 Å². The van der Waals surface area contributed by atoms with E-state index in [1.54, 1.807) is 0 Å². The van der Waals surface area contributed by atoms with Crippen molar-refractivity contribution in [2.75, 3.05) is 6.61 Å². The third-order valence-electron chi connectivity index (χ3n) is 2.79. The van der Waals surface area contributed by atoms with Crippen LogP contribution in [0.1, 0.15) is 27.2 Å². The van der Waals surface area contributed by atoms with Crippen molar-refractivity contribution >= 4 is 8.32 Å². The van der Waals surface area contributed by atoms with Crippen molar-refractivity contribution in [1.29, 1.82) is 5.26 Å². The number of hydrogen-bond donors (Lipinski definition) is 1. The van der Waals surface area contributed by atoms with E-state index in [0.717, 1.165) is 0 Å². The van der Waals surface area contributed by atoms with Crippen molar-refractivity contribution in [2.24, 2.45) is 0 Å². The van der Waals surface area contributed by atoms with Crippen LogP contribution in [0, 0.1) is 11.3 Å². The standard InChI is InChI=1S/C10H21NO2Si/c1-10(2,3)14(4,5)13-9(8-12)6-7-11/h9,12H,6,8H2,1-5H3. The number of rotatable bonds is 4. The average Bonchev–Trinajstić information content (AvgIpc) is 2.01. The van der Waals surface area contributed by atoms with Crippen LogP contribution in [0.2, 0.25) is 18.1 Å². The van der Waals surface area contributed by atoms with Crippen LogP contribution in [0.15, 0.2) is 0 Å². The van der Waals surface area contributed by atoms with Crippen LogP contribution >= 0.6 is 0 Å². The Morgan fingerprint density at radius 3 is 2.21 bits per heavy atom. The lowest BCUT2D eigenvalue weighted by Crippen LogP contribution is -2.44. The van der Waals surface area contributed by atoms with Gasteiger partial charge < -0.3 is 9.53 Å². The predicted molar refractivity (Wildman–Crippen MR) is 59.4 cm³/mol. The molecule has 14 heavy (non-hydrogen) atoms. The van der Waals surface area contributed by atoms with Gasteiger partial charge in [-0.3, -0.25) is 0 Å². The smallest absolute Gasteiger partial charge is 0.192 e. The van der Waals surface area contributed by atoms with E-state index < -0.39 is 8.32 Å². The molecule has 0 aromatic carbocycles. The van der Waals surface area contributed by atoms with Crippen molar-refractivity contribution in [2.45, 2.75) is 51.4 Å². The average molecular weight is 215 g/mol. The lowest BCUT2D eigenvalue weighted by molar-refractivity contribution is 0.106. The molecular formula is C10H21NO2Si. The fourth-order valence-electron chi connectivity index (χ4n) is 0.839. The molecule has 0 rings (SSSR count). The molecular weight excluding hydrogens is 194 g/mol. The van der Waals surface area contributed by atoms with Gasteiger partial charge >= 0.3 is 0 Å². The van der Waals surface area contributed by atoms with E-state index in [1.807, 2.05) is 6.07 Å². The highest BCUT2D eigenvalue weighted by Crippen LogP contribution is 2.37. The first kappa shape index (κ1) is 13.6. The quantitative estimate of drug-likeness (QED) is 0.732. The van der Waals surface area contributed by atoms with Gasteiger partial charge in [0.2, 0.25) is 0 Å². The summed E-state index contributed by atoms with van der Waals surface area (Å²) in [6, 6.07) is 2.03. The maximum absolute atomic E-state index is 9.03. The molecule has 0 saturated heterocycles. The van der Waals surface area contributed by atoms with E-state index in [2.05, 4.69) is 33.9 Å². The summed E-state index contributed by atoms with van der Waals surface area (Å²) in [6.07, 6.45) is -0.0517. The molecule has 0 spiro atoms. The summed E-state index contributed by atoms with van der Waals surface area (Å²) in [5.74, 6) is 0. The summed E-state index contributed by atoms with van der Waals surface area (Å²) in [7, 11) is -1.84. The first-order valence-corrected chi connectivity index (χ1v) is 7.81. The second kappa shape index (κ2) is 4.92. The summed E-state index contributed by atoms with van der Waals surface area (Å²) in [6.45, 7) is 10.6. The SMILES string of the molecule is CC(C)(C)[Si](C)(C)OC(CO)CC#N. The Morgan fingerprint density at radius 2 is 1.93 bits per heavy atom. The van der Waals surface area contributed by atoms with Crippen LogP contribution in [0.3, 0.4) is 0 Å². The van der Waals surface area contributed by atoms with Crippen molar-refractivity contribution in [3.63, 3.8) is 0 Å². The topological polar surface area (TPSA) is 53.2 Å². The molecule has 0 bridgehead atoms. The van der Waals surface area contributed by atoms with Crippen LogP contribution in [-0.2, 0) is 4.43 Å². The third-order valence-corrected chi connectivity index (χ3v) is 7.33. The lowest BCUT2D eigenvalue weighted by Gasteiger charge is -2.38. The summed E-state index contributed by atoms with van der Waals surface area (Å²) in [5, 5.41) is 17.7. The van der Waals surface area contributed by atoms with Crippen LogP contribution < -0.4 is 0 Å². The van der Waals surface area contributed by atoms with Crippen molar-refractivity contribution in [1.82, 2.24) is 0 Å². The zero-order valence-electron chi connectivity index (χ0n) is 9.79. The minimum Gasteiger partial charge on any atom is -0.411 e. The molecule has 0 aliphatic rings. The van der Waals surface area contributed by atoms with E-state index >= 15 is 0 Å². The highest BCUT2D eigenvalue weighted by Gasteiger charge is 2.38. The number of aliphatic hydroxyl groups excluding tert-OH is 1. The molecule has 3 nitrogen and oxygen atoms in total. The fraction of sp³-hybridized carbons (Fsp3) is 0.900. The second-order valence-electron chi connectivity index (χ2n) is 5.04. The molecule has 82 valence electrons. The van der Waals surface area contributed by atoms with Crippen LogP contribution in [0.25, 0.3) is 0 Å². The summed E-state index contributed by atoms with van der Waals surface area (Å²) in [5.41, 5.74) is 0. The summed E-state index contributed by atoms with van der Waals surface area (Å²) >= 11 is 0. The van der Waals surface area contributed by atoms with Crippen molar-refractivity contribution in [3.8, 4) is 6.07 Å². The molecule has 4 heteroatoms. The van der Waals surface area contributed by atoms with E-state index in [0.29, 0.717) is 0 Å². The first-order valence-electron chi connectivity index (χ1n) is 4.90. The lowest BCUT2D eigenvalue weighted by atomic mass is 10.2. The Hall–Kier alpha value is -0.373. The summed E-state index contributed by atoms with van der Waals surface area (Å²) < 4.78 is 5.86. The minimum atomic E-state index is -1.84. The number of nitrogens with zero attached hydrogens (tertiary/aromatic N) is 1. The molecule has 1 N–H and O–H groups in total. The number of nitriles is 1. The molecule has 0 amide bonds. The van der Waals surface area contributed by atoms with Crippen LogP contribution in [0.5, 0.6) is 0 Å². The predicted octanol–water partition coefficient (Wildman–Crippen LogP) is 2.28. The van der Waals surface area contributed by atoms with Gasteiger partial charge in [-0.2, -0.15) is 5.26 Å². The highest BCUT2D eigenvalue weighted by atomic mass is 28.4. The molecule has 1 unspecified atom stereocenters. The molecule has 0 aliphatic carbocycles. The van der Waals surface area contributed by atoms with Gasteiger partial charge in [0, 0.05) is 0 Å². The Balaban J connectivity index is 4.41. The Morgan fingerprint density at radius 1 is 1.43 bits per heavy atom. The van der Waals surface area contributed by atoms with Gasteiger partial charge in [0.1, 0.15) is 0 Å². The normalized spacial score (nSPS) is 14.9. The van der Waals surface area contributed by atoms with E-state index in [1.165, 1.54) is 0 Å². The number of hydrogen-bond acceptors (Lipinski definition) is 3. The maximum atomic E-state index is 9.03. The zero-order valence-corrected chi connectivity index (χ0v) is 10.8. The Bertz CT molecular complexity index is 215. The molecule has 0 radical (unpaired) electrons. The molecule has 0 fully saturated rings. The molecule has 0 heterocycles. The van der Waals surface area contributed by atoms with E-state index in [-0.39, 0.29) is 24.2 Å². The van der Waals surface area contributed by atoms with Gasteiger partial charge in [-0.1, -0.05) is 20.8 Å². The molecule has 0 aliphatic heterocycles.